The van der Waals surface area contributed by atoms with Gasteiger partial charge in [-0.2, -0.15) is 0 Å². The molecule has 3 nitrogen and oxygen atoms in total. The molecule has 3 heteroatoms. The summed E-state index contributed by atoms with van der Waals surface area (Å²) in [6.07, 6.45) is 11.1. The molecule has 1 atom stereocenters. The Bertz CT molecular complexity index is 534. The van der Waals surface area contributed by atoms with Crippen LogP contribution in [0.5, 0.6) is 0 Å². The Balaban J connectivity index is 1.57. The number of rotatable bonds is 5. The van der Waals surface area contributed by atoms with Gasteiger partial charge in [0.2, 0.25) is 0 Å². The normalized spacial score (nSPS) is 19.2. The van der Waals surface area contributed by atoms with Crippen molar-refractivity contribution in [3.8, 4) is 0 Å². The lowest BCUT2D eigenvalue weighted by Crippen LogP contribution is -2.39. The summed E-state index contributed by atoms with van der Waals surface area (Å²) in [4.78, 5) is 12.2. The number of carbonyl (C=O) groups excluding carboxylic acids is 1. The number of benzene rings is 1. The van der Waals surface area contributed by atoms with E-state index in [1.165, 1.54) is 68.1 Å². The molecule has 1 unspecified atom stereocenters. The zero-order valence-electron chi connectivity index (χ0n) is 14.4. The van der Waals surface area contributed by atoms with Crippen LogP contribution in [0.25, 0.3) is 0 Å². The molecule has 1 saturated carbocycles. The summed E-state index contributed by atoms with van der Waals surface area (Å²) in [7, 11) is 0. The van der Waals surface area contributed by atoms with E-state index in [-0.39, 0.29) is 12.1 Å². The van der Waals surface area contributed by atoms with Crippen LogP contribution in [0.3, 0.4) is 0 Å². The Hall–Kier alpha value is -1.51. The number of hydrogen-bond donors (Lipinski definition) is 2. The SMILES string of the molecule is CCC(NC(=O)NCC1CCCC1)c1ccc2c(c1)CCCC2. The van der Waals surface area contributed by atoms with Gasteiger partial charge in [0, 0.05) is 6.54 Å². The maximum atomic E-state index is 12.2. The van der Waals surface area contributed by atoms with E-state index in [1.807, 2.05) is 0 Å². The van der Waals surface area contributed by atoms with Gasteiger partial charge in [-0.25, -0.2) is 4.79 Å². The molecule has 2 amide bonds. The zero-order chi connectivity index (χ0) is 16.1. The van der Waals surface area contributed by atoms with E-state index in [0.29, 0.717) is 5.92 Å². The summed E-state index contributed by atoms with van der Waals surface area (Å²) < 4.78 is 0. The van der Waals surface area contributed by atoms with E-state index in [0.717, 1.165) is 13.0 Å². The first-order chi connectivity index (χ1) is 11.3. The molecular formula is C20H30N2O. The third kappa shape index (κ3) is 4.27. The van der Waals surface area contributed by atoms with Gasteiger partial charge in [0.05, 0.1) is 6.04 Å². The van der Waals surface area contributed by atoms with E-state index in [9.17, 15) is 4.79 Å². The third-order valence-electron chi connectivity index (χ3n) is 5.51. The van der Waals surface area contributed by atoms with Crippen LogP contribution in [0.2, 0.25) is 0 Å². The topological polar surface area (TPSA) is 41.1 Å². The number of aryl methyl sites for hydroxylation is 2. The Morgan fingerprint density at radius 3 is 2.61 bits per heavy atom. The van der Waals surface area contributed by atoms with Crippen LogP contribution in [0, 0.1) is 5.92 Å². The molecule has 23 heavy (non-hydrogen) atoms. The van der Waals surface area contributed by atoms with Crippen molar-refractivity contribution in [2.75, 3.05) is 6.54 Å². The van der Waals surface area contributed by atoms with Gasteiger partial charge in [-0.1, -0.05) is 38.0 Å². The summed E-state index contributed by atoms with van der Waals surface area (Å²) in [6, 6.07) is 6.90. The lowest BCUT2D eigenvalue weighted by molar-refractivity contribution is 0.234. The highest BCUT2D eigenvalue weighted by Crippen LogP contribution is 2.26. The van der Waals surface area contributed by atoms with Crippen LogP contribution in [0.4, 0.5) is 4.79 Å². The highest BCUT2D eigenvalue weighted by molar-refractivity contribution is 5.74. The van der Waals surface area contributed by atoms with Gasteiger partial charge in [0.1, 0.15) is 0 Å². The van der Waals surface area contributed by atoms with Crippen molar-refractivity contribution in [3.05, 3.63) is 34.9 Å². The molecule has 2 N–H and O–H groups in total. The quantitative estimate of drug-likeness (QED) is 0.825. The van der Waals surface area contributed by atoms with Crippen LogP contribution in [0.15, 0.2) is 18.2 Å². The van der Waals surface area contributed by atoms with Crippen LogP contribution in [0.1, 0.15) is 74.6 Å². The second-order valence-electron chi connectivity index (χ2n) is 7.20. The predicted octanol–water partition coefficient (Wildman–Crippen LogP) is 4.51. The smallest absolute Gasteiger partial charge is 0.315 e. The van der Waals surface area contributed by atoms with Gasteiger partial charge in [0.25, 0.3) is 0 Å². The fourth-order valence-electron chi connectivity index (χ4n) is 4.05. The minimum Gasteiger partial charge on any atom is -0.338 e. The molecular weight excluding hydrogens is 284 g/mol. The number of nitrogens with one attached hydrogen (secondary N) is 2. The minimum absolute atomic E-state index is 0.0125. The summed E-state index contributed by atoms with van der Waals surface area (Å²) in [6.45, 7) is 2.97. The zero-order valence-corrected chi connectivity index (χ0v) is 14.4. The Labute approximate surface area is 140 Å². The molecule has 0 aromatic heterocycles. The number of urea groups is 1. The summed E-state index contributed by atoms with van der Waals surface area (Å²) in [5, 5.41) is 6.24. The minimum atomic E-state index is -0.0125. The lowest BCUT2D eigenvalue weighted by atomic mass is 9.89. The van der Waals surface area contributed by atoms with Crippen LogP contribution in [-0.2, 0) is 12.8 Å². The molecule has 0 heterocycles. The molecule has 0 bridgehead atoms. The predicted molar refractivity (Wildman–Crippen MR) is 94.6 cm³/mol. The van der Waals surface area contributed by atoms with E-state index in [4.69, 9.17) is 0 Å². The molecule has 0 radical (unpaired) electrons. The number of hydrogen-bond acceptors (Lipinski definition) is 1. The maximum Gasteiger partial charge on any atom is 0.315 e. The number of carbonyl (C=O) groups is 1. The van der Waals surface area contributed by atoms with Crippen LogP contribution >= 0.6 is 0 Å². The summed E-state index contributed by atoms with van der Waals surface area (Å²) in [5.41, 5.74) is 4.24. The monoisotopic (exact) mass is 314 g/mol. The van der Waals surface area contributed by atoms with E-state index >= 15 is 0 Å². The molecule has 0 spiro atoms. The summed E-state index contributed by atoms with van der Waals surface area (Å²) >= 11 is 0. The fourth-order valence-corrected chi connectivity index (χ4v) is 4.05. The van der Waals surface area contributed by atoms with E-state index in [2.05, 4.69) is 35.8 Å². The fraction of sp³-hybridized carbons (Fsp3) is 0.650. The van der Waals surface area contributed by atoms with Gasteiger partial charge in [-0.3, -0.25) is 0 Å². The summed E-state index contributed by atoms with van der Waals surface area (Å²) in [5.74, 6) is 0.685. The Morgan fingerprint density at radius 2 is 1.87 bits per heavy atom. The van der Waals surface area contributed by atoms with Crippen molar-refractivity contribution in [2.24, 2.45) is 5.92 Å². The van der Waals surface area contributed by atoms with Crippen LogP contribution in [-0.4, -0.2) is 12.6 Å². The highest BCUT2D eigenvalue weighted by atomic mass is 16.2. The molecule has 126 valence electrons. The van der Waals surface area contributed by atoms with Crippen molar-refractivity contribution in [2.45, 2.75) is 70.8 Å². The van der Waals surface area contributed by atoms with Crippen molar-refractivity contribution in [1.82, 2.24) is 10.6 Å². The average molecular weight is 314 g/mol. The van der Waals surface area contributed by atoms with Crippen LogP contribution < -0.4 is 10.6 Å². The standard InChI is InChI=1S/C20H30N2O/c1-2-19(22-20(23)21-14-15-7-3-4-8-15)18-12-11-16-9-5-6-10-17(16)13-18/h11-13,15,19H,2-10,14H2,1H3,(H2,21,22,23). The van der Waals surface area contributed by atoms with Crippen molar-refractivity contribution in [1.29, 1.82) is 0 Å². The number of amides is 2. The molecule has 1 aromatic carbocycles. The largest absolute Gasteiger partial charge is 0.338 e. The Morgan fingerprint density at radius 1 is 1.13 bits per heavy atom. The second kappa shape index (κ2) is 7.85. The first-order valence-electron chi connectivity index (χ1n) is 9.42. The number of fused-ring (bicyclic) bond motifs is 1. The van der Waals surface area contributed by atoms with Gasteiger partial charge in [-0.05, 0) is 67.6 Å². The van der Waals surface area contributed by atoms with Crippen molar-refractivity contribution in [3.63, 3.8) is 0 Å². The third-order valence-corrected chi connectivity index (χ3v) is 5.51. The molecule has 0 aliphatic heterocycles. The highest BCUT2D eigenvalue weighted by Gasteiger charge is 2.18. The lowest BCUT2D eigenvalue weighted by Gasteiger charge is -2.22. The van der Waals surface area contributed by atoms with Gasteiger partial charge < -0.3 is 10.6 Å². The van der Waals surface area contributed by atoms with Crippen molar-refractivity contribution >= 4 is 6.03 Å². The van der Waals surface area contributed by atoms with Gasteiger partial charge in [-0.15, -0.1) is 0 Å². The molecule has 1 aromatic rings. The molecule has 1 fully saturated rings. The molecule has 2 aliphatic carbocycles. The first-order valence-corrected chi connectivity index (χ1v) is 9.42. The first kappa shape index (κ1) is 16.4. The van der Waals surface area contributed by atoms with Gasteiger partial charge >= 0.3 is 6.03 Å². The molecule has 0 saturated heterocycles. The van der Waals surface area contributed by atoms with Gasteiger partial charge in [0.15, 0.2) is 0 Å². The Kier molecular flexibility index (Phi) is 5.58. The molecule has 3 rings (SSSR count). The van der Waals surface area contributed by atoms with E-state index in [1.54, 1.807) is 0 Å². The maximum absolute atomic E-state index is 12.2. The van der Waals surface area contributed by atoms with Crippen molar-refractivity contribution < 1.29 is 4.79 Å². The second-order valence-corrected chi connectivity index (χ2v) is 7.20. The van der Waals surface area contributed by atoms with E-state index < -0.39 is 0 Å². The average Bonchev–Trinajstić information content (AvgIpc) is 3.11. The molecule has 2 aliphatic rings.